The molecule has 0 saturated carbocycles. The quantitative estimate of drug-likeness (QED) is 0.154. The number of hydrogen-bond acceptors (Lipinski definition) is 4. The minimum Gasteiger partial charge on any atom is -0.245 e. The van der Waals surface area contributed by atoms with Crippen molar-refractivity contribution in [2.45, 2.75) is 0 Å². The van der Waals surface area contributed by atoms with Gasteiger partial charge in [0, 0.05) is 38.6 Å². The SMILES string of the molecule is c1ccc(-c2cc(-c3cccc(-c4cccc(-c5ccc6ccc7c(-c8ccccc8)cc(-c8ccccc8)nc7c6n5)c4)c3)nc(-c3ccccc3)n2)cc1. The molecular formula is C52H34N4. The zero-order chi connectivity index (χ0) is 37.3. The van der Waals surface area contributed by atoms with Crippen LogP contribution in [-0.2, 0) is 0 Å². The number of rotatable bonds is 7. The lowest BCUT2D eigenvalue weighted by Gasteiger charge is -2.13. The van der Waals surface area contributed by atoms with E-state index >= 15 is 0 Å². The van der Waals surface area contributed by atoms with Crippen LogP contribution in [0.5, 0.6) is 0 Å². The van der Waals surface area contributed by atoms with Crippen molar-refractivity contribution in [3.63, 3.8) is 0 Å². The van der Waals surface area contributed by atoms with Gasteiger partial charge in [-0.25, -0.2) is 19.9 Å². The Morgan fingerprint density at radius 2 is 0.696 bits per heavy atom. The summed E-state index contributed by atoms with van der Waals surface area (Å²) in [6.45, 7) is 0. The third kappa shape index (κ3) is 6.40. The molecule has 3 aromatic heterocycles. The third-order valence-electron chi connectivity index (χ3n) is 10.3. The maximum atomic E-state index is 5.34. The molecule has 0 N–H and O–H groups in total. The monoisotopic (exact) mass is 714 g/mol. The summed E-state index contributed by atoms with van der Waals surface area (Å²) in [6.07, 6.45) is 0. The van der Waals surface area contributed by atoms with Crippen molar-refractivity contribution in [3.05, 3.63) is 206 Å². The van der Waals surface area contributed by atoms with Gasteiger partial charge < -0.3 is 0 Å². The predicted molar refractivity (Wildman–Crippen MR) is 231 cm³/mol. The normalized spacial score (nSPS) is 11.2. The number of aromatic nitrogens is 4. The summed E-state index contributed by atoms with van der Waals surface area (Å²) in [4.78, 5) is 20.7. The molecule has 4 heteroatoms. The van der Waals surface area contributed by atoms with E-state index < -0.39 is 0 Å². The second kappa shape index (κ2) is 14.3. The fraction of sp³-hybridized carbons (Fsp3) is 0. The maximum absolute atomic E-state index is 5.34. The van der Waals surface area contributed by atoms with E-state index in [4.69, 9.17) is 19.9 Å². The highest BCUT2D eigenvalue weighted by Crippen LogP contribution is 2.37. The zero-order valence-electron chi connectivity index (χ0n) is 30.4. The van der Waals surface area contributed by atoms with Crippen molar-refractivity contribution in [1.29, 1.82) is 0 Å². The zero-order valence-corrected chi connectivity index (χ0v) is 30.4. The van der Waals surface area contributed by atoms with Crippen LogP contribution in [0.2, 0.25) is 0 Å². The Morgan fingerprint density at radius 3 is 1.30 bits per heavy atom. The highest BCUT2D eigenvalue weighted by Gasteiger charge is 2.15. The summed E-state index contributed by atoms with van der Waals surface area (Å²) >= 11 is 0. The first-order valence-electron chi connectivity index (χ1n) is 18.8. The average Bonchev–Trinajstić information content (AvgIpc) is 3.29. The molecule has 0 aliphatic rings. The minimum atomic E-state index is 0.700. The first kappa shape index (κ1) is 33.0. The second-order valence-electron chi connectivity index (χ2n) is 13.9. The van der Waals surface area contributed by atoms with E-state index in [9.17, 15) is 0 Å². The Balaban J connectivity index is 1.07. The van der Waals surface area contributed by atoms with Crippen molar-refractivity contribution < 1.29 is 0 Å². The van der Waals surface area contributed by atoms with E-state index in [1.165, 1.54) is 0 Å². The van der Waals surface area contributed by atoms with Crippen LogP contribution in [0.15, 0.2) is 206 Å². The van der Waals surface area contributed by atoms with Gasteiger partial charge in [0.05, 0.1) is 33.8 Å². The Hall–Kier alpha value is -7.56. The van der Waals surface area contributed by atoms with E-state index in [0.717, 1.165) is 94.7 Å². The third-order valence-corrected chi connectivity index (χ3v) is 10.3. The molecule has 0 radical (unpaired) electrons. The standard InChI is InChI=1S/C52H34N4/c1-5-15-35(16-6-1)45-33-47(36-17-7-2-8-18-36)54-51-44(45)29-27-38-28-30-46(53-50(38)51)42-25-13-23-40(31-42)41-24-14-26-43(32-41)49-34-48(37-19-9-3-10-20-37)55-52(56-49)39-21-11-4-12-22-39/h1-34H. The number of hydrogen-bond donors (Lipinski definition) is 0. The van der Waals surface area contributed by atoms with Gasteiger partial charge in [0.25, 0.3) is 0 Å². The molecule has 262 valence electrons. The summed E-state index contributed by atoms with van der Waals surface area (Å²) in [5, 5.41) is 2.13. The van der Waals surface area contributed by atoms with Gasteiger partial charge in [-0.3, -0.25) is 0 Å². The Kier molecular flexibility index (Phi) is 8.47. The van der Waals surface area contributed by atoms with Gasteiger partial charge in [0.1, 0.15) is 0 Å². The molecule has 4 nitrogen and oxygen atoms in total. The van der Waals surface area contributed by atoms with Crippen LogP contribution in [0, 0.1) is 0 Å². The van der Waals surface area contributed by atoms with E-state index in [1.807, 2.05) is 42.5 Å². The lowest BCUT2D eigenvalue weighted by molar-refractivity contribution is 1.18. The molecule has 0 aliphatic heterocycles. The van der Waals surface area contributed by atoms with Gasteiger partial charge in [-0.1, -0.05) is 176 Å². The molecule has 10 rings (SSSR count). The van der Waals surface area contributed by atoms with Gasteiger partial charge in [-0.05, 0) is 52.6 Å². The second-order valence-corrected chi connectivity index (χ2v) is 13.9. The summed E-state index contributed by atoms with van der Waals surface area (Å²) < 4.78 is 0. The van der Waals surface area contributed by atoms with Gasteiger partial charge in [-0.15, -0.1) is 0 Å². The smallest absolute Gasteiger partial charge is 0.160 e. The van der Waals surface area contributed by atoms with Crippen molar-refractivity contribution in [2.75, 3.05) is 0 Å². The molecule has 0 amide bonds. The molecule has 7 aromatic carbocycles. The van der Waals surface area contributed by atoms with Crippen LogP contribution in [-0.4, -0.2) is 19.9 Å². The molecule has 0 atom stereocenters. The Morgan fingerprint density at radius 1 is 0.250 bits per heavy atom. The summed E-state index contributed by atoms with van der Waals surface area (Å²) in [6, 6.07) is 71.5. The first-order valence-corrected chi connectivity index (χ1v) is 18.8. The van der Waals surface area contributed by atoms with Gasteiger partial charge in [-0.2, -0.15) is 0 Å². The Labute approximate surface area is 325 Å². The van der Waals surface area contributed by atoms with Crippen molar-refractivity contribution in [1.82, 2.24) is 19.9 Å². The minimum absolute atomic E-state index is 0.700. The number of nitrogens with zero attached hydrogens (tertiary/aromatic N) is 4. The van der Waals surface area contributed by atoms with E-state index in [0.29, 0.717) is 5.82 Å². The average molecular weight is 715 g/mol. The van der Waals surface area contributed by atoms with Crippen LogP contribution < -0.4 is 0 Å². The van der Waals surface area contributed by atoms with E-state index in [-0.39, 0.29) is 0 Å². The van der Waals surface area contributed by atoms with Gasteiger partial charge in [0.2, 0.25) is 0 Å². The maximum Gasteiger partial charge on any atom is 0.160 e. The molecule has 0 saturated heterocycles. The van der Waals surface area contributed by atoms with Crippen molar-refractivity contribution >= 4 is 21.8 Å². The lowest BCUT2D eigenvalue weighted by atomic mass is 9.96. The predicted octanol–water partition coefficient (Wildman–Crippen LogP) is 13.2. The van der Waals surface area contributed by atoms with E-state index in [1.54, 1.807) is 0 Å². The molecule has 0 spiro atoms. The van der Waals surface area contributed by atoms with E-state index in [2.05, 4.69) is 164 Å². The number of benzene rings is 7. The fourth-order valence-electron chi connectivity index (χ4n) is 7.43. The van der Waals surface area contributed by atoms with Crippen LogP contribution in [0.25, 0.3) is 100 Å². The van der Waals surface area contributed by atoms with Crippen LogP contribution in [0.3, 0.4) is 0 Å². The molecule has 10 aromatic rings. The molecular weight excluding hydrogens is 681 g/mol. The molecule has 0 unspecified atom stereocenters. The van der Waals surface area contributed by atoms with Crippen LogP contribution >= 0.6 is 0 Å². The fourth-order valence-corrected chi connectivity index (χ4v) is 7.43. The molecule has 3 heterocycles. The largest absolute Gasteiger partial charge is 0.245 e. The molecule has 56 heavy (non-hydrogen) atoms. The van der Waals surface area contributed by atoms with Crippen molar-refractivity contribution in [3.8, 4) is 78.7 Å². The van der Waals surface area contributed by atoms with Gasteiger partial charge in [0.15, 0.2) is 5.82 Å². The molecule has 0 fully saturated rings. The highest BCUT2D eigenvalue weighted by molar-refractivity contribution is 6.09. The topological polar surface area (TPSA) is 51.6 Å². The number of pyridine rings is 2. The Bertz CT molecular complexity index is 2940. The summed E-state index contributed by atoms with van der Waals surface area (Å²) in [5.74, 6) is 0.700. The first-order chi connectivity index (χ1) is 27.7. The number of fused-ring (bicyclic) bond motifs is 3. The molecule has 0 bridgehead atoms. The molecule has 0 aliphatic carbocycles. The van der Waals surface area contributed by atoms with Crippen LogP contribution in [0.1, 0.15) is 0 Å². The summed E-state index contributed by atoms with van der Waals surface area (Å²) in [5.41, 5.74) is 15.0. The lowest BCUT2D eigenvalue weighted by Crippen LogP contribution is -1.96. The van der Waals surface area contributed by atoms with Gasteiger partial charge >= 0.3 is 0 Å². The van der Waals surface area contributed by atoms with Crippen molar-refractivity contribution in [2.24, 2.45) is 0 Å². The van der Waals surface area contributed by atoms with Crippen LogP contribution in [0.4, 0.5) is 0 Å². The highest BCUT2D eigenvalue weighted by atomic mass is 14.9. The summed E-state index contributed by atoms with van der Waals surface area (Å²) in [7, 11) is 0.